The Morgan fingerprint density at radius 1 is 1.42 bits per heavy atom. The standard InChI is InChI=1S/C13H24N4O2/c1-11-9-12(2)17(16-11)7-4-5-14-10-13(18)15-6-8-19-3/h9,14H,4-8,10H2,1-3H3,(H,15,18). The zero-order valence-corrected chi connectivity index (χ0v) is 12.0. The van der Waals surface area contributed by atoms with E-state index >= 15 is 0 Å². The number of hydrogen-bond donors (Lipinski definition) is 2. The fourth-order valence-electron chi connectivity index (χ4n) is 1.81. The van der Waals surface area contributed by atoms with Crippen molar-refractivity contribution < 1.29 is 9.53 Å². The predicted molar refractivity (Wildman–Crippen MR) is 74.1 cm³/mol. The third-order valence-electron chi connectivity index (χ3n) is 2.74. The number of carbonyl (C=O) groups excluding carboxylic acids is 1. The van der Waals surface area contributed by atoms with Crippen molar-refractivity contribution in [2.75, 3.05) is 33.4 Å². The van der Waals surface area contributed by atoms with Crippen LogP contribution in [0.15, 0.2) is 6.07 Å². The number of amides is 1. The van der Waals surface area contributed by atoms with Crippen LogP contribution in [0.3, 0.4) is 0 Å². The molecule has 1 aromatic rings. The highest BCUT2D eigenvalue weighted by atomic mass is 16.5. The van der Waals surface area contributed by atoms with Crippen molar-refractivity contribution in [1.82, 2.24) is 20.4 Å². The van der Waals surface area contributed by atoms with Crippen LogP contribution in [0, 0.1) is 13.8 Å². The molecule has 1 aromatic heterocycles. The third-order valence-corrected chi connectivity index (χ3v) is 2.74. The van der Waals surface area contributed by atoms with E-state index in [9.17, 15) is 4.79 Å². The first-order chi connectivity index (χ1) is 9.13. The lowest BCUT2D eigenvalue weighted by molar-refractivity contribution is -0.120. The number of hydrogen-bond acceptors (Lipinski definition) is 4. The molecule has 1 amide bonds. The number of nitrogens with zero attached hydrogens (tertiary/aromatic N) is 2. The highest BCUT2D eigenvalue weighted by Crippen LogP contribution is 2.01. The Morgan fingerprint density at radius 3 is 2.84 bits per heavy atom. The monoisotopic (exact) mass is 268 g/mol. The molecule has 6 nitrogen and oxygen atoms in total. The largest absolute Gasteiger partial charge is 0.383 e. The Kier molecular flexibility index (Phi) is 7.14. The van der Waals surface area contributed by atoms with Gasteiger partial charge in [-0.15, -0.1) is 0 Å². The second-order valence-electron chi connectivity index (χ2n) is 4.52. The molecule has 0 aliphatic heterocycles. The summed E-state index contributed by atoms with van der Waals surface area (Å²) in [6.45, 7) is 7.17. The molecule has 2 N–H and O–H groups in total. The lowest BCUT2D eigenvalue weighted by Gasteiger charge is -2.07. The molecule has 6 heteroatoms. The molecule has 0 aliphatic carbocycles. The second kappa shape index (κ2) is 8.66. The molecule has 0 radical (unpaired) electrons. The van der Waals surface area contributed by atoms with Gasteiger partial charge in [0, 0.05) is 25.9 Å². The minimum absolute atomic E-state index is 0.00293. The molecule has 1 heterocycles. The first-order valence-corrected chi connectivity index (χ1v) is 6.61. The van der Waals surface area contributed by atoms with Gasteiger partial charge in [-0.2, -0.15) is 5.10 Å². The van der Waals surface area contributed by atoms with E-state index in [0.717, 1.165) is 25.2 Å². The van der Waals surface area contributed by atoms with Gasteiger partial charge in [-0.3, -0.25) is 9.48 Å². The van der Waals surface area contributed by atoms with Crippen molar-refractivity contribution in [1.29, 1.82) is 0 Å². The van der Waals surface area contributed by atoms with E-state index < -0.39 is 0 Å². The molecule has 108 valence electrons. The van der Waals surface area contributed by atoms with Crippen LogP contribution in [-0.2, 0) is 16.1 Å². The summed E-state index contributed by atoms with van der Waals surface area (Å²) in [6.07, 6.45) is 0.952. The number of ether oxygens (including phenoxy) is 1. The minimum atomic E-state index is 0.00293. The summed E-state index contributed by atoms with van der Waals surface area (Å²) in [7, 11) is 1.61. The normalized spacial score (nSPS) is 10.7. The van der Waals surface area contributed by atoms with Crippen molar-refractivity contribution in [3.8, 4) is 0 Å². The van der Waals surface area contributed by atoms with Gasteiger partial charge in [0.15, 0.2) is 0 Å². The quantitative estimate of drug-likeness (QED) is 0.630. The van der Waals surface area contributed by atoms with Gasteiger partial charge in [0.05, 0.1) is 18.8 Å². The topological polar surface area (TPSA) is 68.2 Å². The lowest BCUT2D eigenvalue weighted by Crippen LogP contribution is -2.36. The number of methoxy groups -OCH3 is 1. The van der Waals surface area contributed by atoms with E-state index in [1.807, 2.05) is 11.6 Å². The van der Waals surface area contributed by atoms with Gasteiger partial charge in [0.1, 0.15) is 0 Å². The summed E-state index contributed by atoms with van der Waals surface area (Å²) < 4.78 is 6.85. The first kappa shape index (κ1) is 15.7. The maximum Gasteiger partial charge on any atom is 0.234 e. The molecule has 0 fully saturated rings. The van der Waals surface area contributed by atoms with Crippen LogP contribution in [-0.4, -0.2) is 49.0 Å². The second-order valence-corrected chi connectivity index (χ2v) is 4.52. The minimum Gasteiger partial charge on any atom is -0.383 e. The SMILES string of the molecule is COCCNC(=O)CNCCCn1nc(C)cc1C. The Hall–Kier alpha value is -1.40. The molecule has 0 spiro atoms. The average molecular weight is 268 g/mol. The zero-order valence-electron chi connectivity index (χ0n) is 12.0. The van der Waals surface area contributed by atoms with E-state index in [1.54, 1.807) is 7.11 Å². The maximum absolute atomic E-state index is 11.4. The molecule has 0 aromatic carbocycles. The molecular weight excluding hydrogens is 244 g/mol. The molecule has 0 atom stereocenters. The van der Waals surface area contributed by atoms with E-state index in [1.165, 1.54) is 5.69 Å². The lowest BCUT2D eigenvalue weighted by atomic mass is 10.4. The molecule has 0 saturated carbocycles. The fourth-order valence-corrected chi connectivity index (χ4v) is 1.81. The maximum atomic E-state index is 11.4. The Bertz CT molecular complexity index is 390. The van der Waals surface area contributed by atoms with Crippen LogP contribution in [0.1, 0.15) is 17.8 Å². The predicted octanol–water partition coefficient (Wildman–Crippen LogP) is 0.242. The van der Waals surface area contributed by atoms with Gasteiger partial charge >= 0.3 is 0 Å². The summed E-state index contributed by atoms with van der Waals surface area (Å²) >= 11 is 0. The first-order valence-electron chi connectivity index (χ1n) is 6.61. The van der Waals surface area contributed by atoms with Crippen molar-refractivity contribution in [3.05, 3.63) is 17.5 Å². The van der Waals surface area contributed by atoms with Gasteiger partial charge in [0.2, 0.25) is 5.91 Å². The van der Waals surface area contributed by atoms with Crippen molar-refractivity contribution in [2.45, 2.75) is 26.8 Å². The fraction of sp³-hybridized carbons (Fsp3) is 0.692. The van der Waals surface area contributed by atoms with Crippen molar-refractivity contribution in [2.24, 2.45) is 0 Å². The molecule has 0 saturated heterocycles. The van der Waals surface area contributed by atoms with Gasteiger partial charge in [0.25, 0.3) is 0 Å². The Labute approximate surface area is 114 Å². The molecule has 0 aliphatic rings. The molecule has 19 heavy (non-hydrogen) atoms. The summed E-state index contributed by atoms with van der Waals surface area (Å²) in [4.78, 5) is 11.4. The smallest absolute Gasteiger partial charge is 0.234 e. The van der Waals surface area contributed by atoms with Crippen LogP contribution < -0.4 is 10.6 Å². The number of nitrogens with one attached hydrogen (secondary N) is 2. The van der Waals surface area contributed by atoms with Crippen molar-refractivity contribution >= 4 is 5.91 Å². The van der Waals surface area contributed by atoms with Crippen LogP contribution in [0.2, 0.25) is 0 Å². The van der Waals surface area contributed by atoms with Gasteiger partial charge in [-0.05, 0) is 32.9 Å². The summed E-state index contributed by atoms with van der Waals surface area (Å²) in [5, 5.41) is 10.3. The number of aryl methyl sites for hydroxylation is 3. The van der Waals surface area contributed by atoms with E-state index in [-0.39, 0.29) is 5.91 Å². The van der Waals surface area contributed by atoms with Gasteiger partial charge in [-0.1, -0.05) is 0 Å². The van der Waals surface area contributed by atoms with Gasteiger partial charge in [-0.25, -0.2) is 0 Å². The highest BCUT2D eigenvalue weighted by Gasteiger charge is 2.01. The van der Waals surface area contributed by atoms with E-state index in [4.69, 9.17) is 4.74 Å². The molecule has 0 unspecified atom stereocenters. The summed E-state index contributed by atoms with van der Waals surface area (Å²) in [5.74, 6) is 0.00293. The van der Waals surface area contributed by atoms with Crippen LogP contribution >= 0.6 is 0 Å². The van der Waals surface area contributed by atoms with Crippen molar-refractivity contribution in [3.63, 3.8) is 0 Å². The summed E-state index contributed by atoms with van der Waals surface area (Å²) in [6, 6.07) is 2.07. The Morgan fingerprint density at radius 2 is 2.21 bits per heavy atom. The number of aromatic nitrogens is 2. The number of carbonyl (C=O) groups is 1. The van der Waals surface area contributed by atoms with Gasteiger partial charge < -0.3 is 15.4 Å². The van der Waals surface area contributed by atoms with E-state index in [2.05, 4.69) is 28.7 Å². The zero-order chi connectivity index (χ0) is 14.1. The van der Waals surface area contributed by atoms with Crippen LogP contribution in [0.25, 0.3) is 0 Å². The van der Waals surface area contributed by atoms with Crippen LogP contribution in [0.4, 0.5) is 0 Å². The average Bonchev–Trinajstić information content (AvgIpc) is 2.68. The molecule has 0 bridgehead atoms. The van der Waals surface area contributed by atoms with Crippen LogP contribution in [0.5, 0.6) is 0 Å². The number of rotatable bonds is 9. The Balaban J connectivity index is 2.05. The molecule has 1 rings (SSSR count). The third kappa shape index (κ3) is 6.35. The highest BCUT2D eigenvalue weighted by molar-refractivity contribution is 5.77. The molecular formula is C13H24N4O2. The summed E-state index contributed by atoms with van der Waals surface area (Å²) in [5.41, 5.74) is 2.22. The van der Waals surface area contributed by atoms with E-state index in [0.29, 0.717) is 19.7 Å².